The van der Waals surface area contributed by atoms with E-state index in [9.17, 15) is 19.8 Å². The van der Waals surface area contributed by atoms with E-state index in [2.05, 4.69) is 17.3 Å². The molecule has 3 N–H and O–H groups in total. The predicted octanol–water partition coefficient (Wildman–Crippen LogP) is 3.42. The summed E-state index contributed by atoms with van der Waals surface area (Å²) in [5, 5.41) is 29.1. The number of benzene rings is 2. The van der Waals surface area contributed by atoms with Crippen molar-refractivity contribution in [3.63, 3.8) is 0 Å². The second-order valence-electron chi connectivity index (χ2n) is 6.76. The summed E-state index contributed by atoms with van der Waals surface area (Å²) in [6.07, 6.45) is 1.02. The van der Waals surface area contributed by atoms with Crippen LogP contribution in [0.5, 0.6) is 5.75 Å². The fourth-order valence-electron chi connectivity index (χ4n) is 2.28. The minimum atomic E-state index is -2.11. The summed E-state index contributed by atoms with van der Waals surface area (Å²) >= 11 is -2.11. The van der Waals surface area contributed by atoms with Gasteiger partial charge < -0.3 is 5.11 Å². The van der Waals surface area contributed by atoms with Gasteiger partial charge in [0, 0.05) is 0 Å². The van der Waals surface area contributed by atoms with Crippen molar-refractivity contribution >= 4 is 35.2 Å². The number of carboxylic acids is 1. The van der Waals surface area contributed by atoms with Gasteiger partial charge >= 0.3 is 138 Å². The van der Waals surface area contributed by atoms with Crippen LogP contribution in [-0.4, -0.2) is 40.3 Å². The van der Waals surface area contributed by atoms with Gasteiger partial charge in [-0.1, -0.05) is 0 Å². The van der Waals surface area contributed by atoms with Gasteiger partial charge in [0.05, 0.1) is 0 Å². The number of aromatic carboxylic acids is 1. The van der Waals surface area contributed by atoms with Gasteiger partial charge in [0.15, 0.2) is 0 Å². The number of carbonyl (C=O) groups is 2. The third-order valence-electron chi connectivity index (χ3n) is 3.82. The second-order valence-corrected chi connectivity index (χ2v) is 17.4. The third kappa shape index (κ3) is 4.51. The Kier molecular flexibility index (Phi) is 5.37. The quantitative estimate of drug-likeness (QED) is 0.309. The number of hydrogen-bond acceptors (Lipinski definition) is 4. The Hall–Kier alpha value is -2.54. The molecule has 0 radical (unpaired) electrons. The van der Waals surface area contributed by atoms with Crippen molar-refractivity contribution in [2.45, 2.75) is 17.3 Å². The number of carboxylic acid groups (broad SMARTS) is 1. The van der Waals surface area contributed by atoms with Crippen LogP contribution in [0.25, 0.3) is 5.76 Å². The topological polar surface area (TPSA) is 94.8 Å². The number of phenols is 1. The molecule has 2 rings (SSSR count). The average molecular weight is 401 g/mol. The maximum absolute atomic E-state index is 12.3. The number of rotatable bonds is 5. The van der Waals surface area contributed by atoms with Gasteiger partial charge in [0.1, 0.15) is 0 Å². The number of aliphatic hydroxyl groups is 1. The van der Waals surface area contributed by atoms with E-state index in [1.165, 1.54) is 24.3 Å². The molecule has 2 aromatic rings. The van der Waals surface area contributed by atoms with Gasteiger partial charge in [-0.3, -0.25) is 0 Å². The first-order chi connectivity index (χ1) is 11.6. The molecule has 0 aliphatic carbocycles. The van der Waals surface area contributed by atoms with E-state index in [-0.39, 0.29) is 22.6 Å². The molecule has 2 aromatic carbocycles. The first-order valence-electron chi connectivity index (χ1n) is 7.72. The summed E-state index contributed by atoms with van der Waals surface area (Å²) in [4.78, 5) is 23.1. The normalized spacial score (nSPS) is 12.0. The van der Waals surface area contributed by atoms with E-state index >= 15 is 0 Å². The first kappa shape index (κ1) is 18.8. The van der Waals surface area contributed by atoms with Crippen LogP contribution in [0.15, 0.2) is 48.5 Å². The van der Waals surface area contributed by atoms with Crippen molar-refractivity contribution in [2.75, 3.05) is 0 Å². The zero-order chi connectivity index (χ0) is 18.8. The number of allylic oxidation sites excluding steroid dienone is 1. The Bertz CT molecular complexity index is 845. The van der Waals surface area contributed by atoms with Gasteiger partial charge in [-0.15, -0.1) is 0 Å². The molecule has 0 aromatic heterocycles. The average Bonchev–Trinajstić information content (AvgIpc) is 2.53. The van der Waals surface area contributed by atoms with Crippen LogP contribution in [0, 0.1) is 0 Å². The molecular formula is C19H20GeO5. The van der Waals surface area contributed by atoms with E-state index in [0.717, 1.165) is 10.5 Å². The fourth-order valence-corrected chi connectivity index (χ4v) is 4.69. The standard InChI is InChI=1S/C19H20GeO5/c1-20(2,3)14-8-9-15(17(22)10-14)18(23)11-16(21)12-4-6-13(7-5-12)19(24)25/h4-11,21-22H,1-3H3,(H,24,25)/b16-11+. The Morgan fingerprint density at radius 3 is 1.96 bits per heavy atom. The van der Waals surface area contributed by atoms with Crippen LogP contribution in [0.3, 0.4) is 0 Å². The molecule has 0 atom stereocenters. The summed E-state index contributed by atoms with van der Waals surface area (Å²) in [5.41, 5.74) is 0.521. The van der Waals surface area contributed by atoms with Gasteiger partial charge in [-0.25, -0.2) is 4.79 Å². The summed E-state index contributed by atoms with van der Waals surface area (Å²) in [6.45, 7) is 0. The predicted molar refractivity (Wildman–Crippen MR) is 99.4 cm³/mol. The van der Waals surface area contributed by atoms with Crippen molar-refractivity contribution in [3.8, 4) is 5.75 Å². The summed E-state index contributed by atoms with van der Waals surface area (Å²) < 4.78 is 1.08. The van der Waals surface area contributed by atoms with Crippen molar-refractivity contribution in [3.05, 3.63) is 65.2 Å². The van der Waals surface area contributed by atoms with Crippen LogP contribution in [-0.2, 0) is 0 Å². The van der Waals surface area contributed by atoms with Crippen LogP contribution in [0.1, 0.15) is 26.3 Å². The van der Waals surface area contributed by atoms with Crippen molar-refractivity contribution in [1.29, 1.82) is 0 Å². The van der Waals surface area contributed by atoms with E-state index in [4.69, 9.17) is 5.11 Å². The van der Waals surface area contributed by atoms with E-state index in [1.807, 2.05) is 6.07 Å². The molecule has 5 nitrogen and oxygen atoms in total. The molecular weight excluding hydrogens is 381 g/mol. The Balaban J connectivity index is 2.28. The fraction of sp³-hybridized carbons (Fsp3) is 0.158. The monoisotopic (exact) mass is 402 g/mol. The Morgan fingerprint density at radius 2 is 1.48 bits per heavy atom. The number of aromatic hydroxyl groups is 1. The molecule has 0 fully saturated rings. The zero-order valence-electron chi connectivity index (χ0n) is 14.3. The van der Waals surface area contributed by atoms with Crippen molar-refractivity contribution in [1.82, 2.24) is 0 Å². The number of phenolic OH excluding ortho intramolecular Hbond substituents is 1. The molecule has 0 heterocycles. The van der Waals surface area contributed by atoms with Gasteiger partial charge in [0.2, 0.25) is 0 Å². The van der Waals surface area contributed by atoms with Crippen LogP contribution in [0.4, 0.5) is 0 Å². The Labute approximate surface area is 148 Å². The maximum atomic E-state index is 12.3. The zero-order valence-corrected chi connectivity index (χ0v) is 16.4. The molecule has 6 heteroatoms. The molecule has 0 saturated heterocycles. The molecule has 0 unspecified atom stereocenters. The van der Waals surface area contributed by atoms with Crippen LogP contribution in [0.2, 0.25) is 17.3 Å². The van der Waals surface area contributed by atoms with E-state index in [0.29, 0.717) is 5.56 Å². The second kappa shape index (κ2) is 7.15. The van der Waals surface area contributed by atoms with Gasteiger partial charge in [-0.2, -0.15) is 0 Å². The molecule has 0 bridgehead atoms. The van der Waals surface area contributed by atoms with E-state index in [1.54, 1.807) is 12.1 Å². The number of ketones is 1. The SMILES string of the molecule is [CH3][Ge]([CH3])([CH3])[c]1ccc(C(=O)/C=C(/O)c2ccc(C(=O)O)cc2)c(O)c1. The third-order valence-corrected chi connectivity index (χ3v) is 8.11. The van der Waals surface area contributed by atoms with Crippen LogP contribution < -0.4 is 4.40 Å². The molecule has 130 valence electrons. The van der Waals surface area contributed by atoms with Gasteiger partial charge in [0.25, 0.3) is 0 Å². The van der Waals surface area contributed by atoms with Crippen LogP contribution >= 0.6 is 0 Å². The summed E-state index contributed by atoms with van der Waals surface area (Å²) in [5.74, 6) is 4.56. The summed E-state index contributed by atoms with van der Waals surface area (Å²) in [6, 6.07) is 10.6. The van der Waals surface area contributed by atoms with Gasteiger partial charge in [-0.05, 0) is 0 Å². The molecule has 0 aliphatic heterocycles. The van der Waals surface area contributed by atoms with E-state index < -0.39 is 25.0 Å². The summed E-state index contributed by atoms with van der Waals surface area (Å²) in [7, 11) is 0. The molecule has 25 heavy (non-hydrogen) atoms. The number of hydrogen-bond donors (Lipinski definition) is 3. The molecule has 0 amide bonds. The number of carbonyl (C=O) groups excluding carboxylic acids is 1. The number of aliphatic hydroxyl groups excluding tert-OH is 1. The molecule has 0 saturated carbocycles. The minimum absolute atomic E-state index is 0.0870. The van der Waals surface area contributed by atoms with Crippen molar-refractivity contribution in [2.24, 2.45) is 0 Å². The van der Waals surface area contributed by atoms with Crippen molar-refractivity contribution < 1.29 is 24.9 Å². The Morgan fingerprint density at radius 1 is 0.920 bits per heavy atom. The molecule has 0 aliphatic rings. The first-order valence-corrected chi connectivity index (χ1v) is 15.1. The molecule has 0 spiro atoms.